The summed E-state index contributed by atoms with van der Waals surface area (Å²) in [6.07, 6.45) is 4.65. The predicted octanol–water partition coefficient (Wildman–Crippen LogP) is 2.78. The van der Waals surface area contributed by atoms with E-state index in [1.165, 1.54) is 0 Å². The van der Waals surface area contributed by atoms with Crippen LogP contribution in [0.5, 0.6) is 0 Å². The van der Waals surface area contributed by atoms with Crippen LogP contribution >= 0.6 is 11.6 Å². The van der Waals surface area contributed by atoms with Crippen molar-refractivity contribution in [1.29, 1.82) is 0 Å². The van der Waals surface area contributed by atoms with Crippen LogP contribution in [0.15, 0.2) is 12.3 Å². The molecule has 0 spiro atoms. The van der Waals surface area contributed by atoms with E-state index in [1.807, 2.05) is 30.9 Å². The van der Waals surface area contributed by atoms with Gasteiger partial charge in [-0.15, -0.1) is 0 Å². The average Bonchev–Trinajstić information content (AvgIpc) is 2.81. The van der Waals surface area contributed by atoms with Gasteiger partial charge in [0.05, 0.1) is 5.69 Å². The largest absolute Gasteiger partial charge is 0.369 e. The zero-order chi connectivity index (χ0) is 14.5. The Kier molecular flexibility index (Phi) is 4.95. The topological polar surface area (TPSA) is 55.6 Å². The van der Waals surface area contributed by atoms with Gasteiger partial charge in [-0.25, -0.2) is 9.97 Å². The lowest BCUT2D eigenvalue weighted by Gasteiger charge is -2.10. The van der Waals surface area contributed by atoms with Gasteiger partial charge >= 0.3 is 0 Å². The van der Waals surface area contributed by atoms with E-state index in [9.17, 15) is 0 Å². The van der Waals surface area contributed by atoms with Crippen molar-refractivity contribution in [3.05, 3.63) is 34.5 Å². The van der Waals surface area contributed by atoms with E-state index in [0.717, 1.165) is 48.7 Å². The molecule has 2 rings (SSSR count). The minimum Gasteiger partial charge on any atom is -0.369 e. The molecule has 0 aromatic carbocycles. The molecule has 1 N–H and O–H groups in total. The Labute approximate surface area is 124 Å². The number of anilines is 1. The van der Waals surface area contributed by atoms with Gasteiger partial charge in [0.1, 0.15) is 16.8 Å². The molecular formula is C14H20ClN5. The summed E-state index contributed by atoms with van der Waals surface area (Å²) >= 11 is 6.15. The summed E-state index contributed by atoms with van der Waals surface area (Å²) in [5.74, 6) is 1.62. The molecule has 5 nitrogen and oxygen atoms in total. The summed E-state index contributed by atoms with van der Waals surface area (Å²) in [6.45, 7) is 4.81. The second-order valence-corrected chi connectivity index (χ2v) is 5.17. The molecule has 0 saturated heterocycles. The molecule has 0 fully saturated rings. The summed E-state index contributed by atoms with van der Waals surface area (Å²) in [6, 6.07) is 2.02. The van der Waals surface area contributed by atoms with E-state index >= 15 is 0 Å². The molecule has 20 heavy (non-hydrogen) atoms. The van der Waals surface area contributed by atoms with Gasteiger partial charge in [-0.1, -0.05) is 18.5 Å². The summed E-state index contributed by atoms with van der Waals surface area (Å²) in [5.41, 5.74) is 1.96. The zero-order valence-electron chi connectivity index (χ0n) is 12.1. The van der Waals surface area contributed by atoms with Gasteiger partial charge in [-0.05, 0) is 19.4 Å². The van der Waals surface area contributed by atoms with Crippen molar-refractivity contribution in [1.82, 2.24) is 19.7 Å². The van der Waals surface area contributed by atoms with Crippen LogP contribution in [-0.2, 0) is 19.9 Å². The molecule has 0 bridgehead atoms. The van der Waals surface area contributed by atoms with E-state index < -0.39 is 0 Å². The quantitative estimate of drug-likeness (QED) is 0.832. The van der Waals surface area contributed by atoms with Crippen LogP contribution in [0.1, 0.15) is 30.4 Å². The van der Waals surface area contributed by atoms with Crippen molar-refractivity contribution >= 4 is 17.4 Å². The molecular weight excluding hydrogens is 274 g/mol. The zero-order valence-corrected chi connectivity index (χ0v) is 12.9. The fraction of sp³-hybridized carbons (Fsp3) is 0.500. The van der Waals surface area contributed by atoms with Crippen LogP contribution in [0.4, 0.5) is 5.82 Å². The Balaban J connectivity index is 2.01. The summed E-state index contributed by atoms with van der Waals surface area (Å²) in [5, 5.41) is 8.20. The molecule has 2 aromatic heterocycles. The third-order valence-electron chi connectivity index (χ3n) is 3.05. The molecule has 0 radical (unpaired) electrons. The number of rotatable bonds is 6. The van der Waals surface area contributed by atoms with Crippen molar-refractivity contribution in [2.24, 2.45) is 7.05 Å². The first kappa shape index (κ1) is 14.8. The van der Waals surface area contributed by atoms with Gasteiger partial charge in [-0.3, -0.25) is 4.68 Å². The molecule has 108 valence electrons. The monoisotopic (exact) mass is 293 g/mol. The molecule has 6 heteroatoms. The molecule has 0 atom stereocenters. The highest BCUT2D eigenvalue weighted by atomic mass is 35.5. The second kappa shape index (κ2) is 6.70. The third-order valence-corrected chi connectivity index (χ3v) is 3.42. The smallest absolute Gasteiger partial charge is 0.137 e. The molecule has 0 unspecified atom stereocenters. The van der Waals surface area contributed by atoms with Gasteiger partial charge in [0.2, 0.25) is 0 Å². The maximum atomic E-state index is 6.15. The maximum absolute atomic E-state index is 6.15. The van der Waals surface area contributed by atoms with E-state index in [4.69, 9.17) is 11.6 Å². The third kappa shape index (κ3) is 3.70. The van der Waals surface area contributed by atoms with E-state index in [-0.39, 0.29) is 0 Å². The first-order chi connectivity index (χ1) is 9.60. The van der Waals surface area contributed by atoms with Crippen LogP contribution in [0.3, 0.4) is 0 Å². The van der Waals surface area contributed by atoms with E-state index in [0.29, 0.717) is 5.15 Å². The molecule has 0 aliphatic rings. The van der Waals surface area contributed by atoms with Crippen molar-refractivity contribution in [2.75, 3.05) is 11.9 Å². The van der Waals surface area contributed by atoms with Gasteiger partial charge in [0, 0.05) is 38.2 Å². The number of hydrogen-bond donors (Lipinski definition) is 1. The molecule has 0 aliphatic heterocycles. The molecule has 0 aliphatic carbocycles. The van der Waals surface area contributed by atoms with Gasteiger partial charge in [0.15, 0.2) is 0 Å². The standard InChI is InChI=1S/C14H20ClN5/c1-4-5-12-17-13(15)10(2)14(18-12)16-8-6-11-7-9-20(3)19-11/h7,9H,4-6,8H2,1-3H3,(H,16,17,18). The SMILES string of the molecule is CCCc1nc(Cl)c(C)c(NCCc2ccn(C)n2)n1. The number of aromatic nitrogens is 4. The number of nitrogens with one attached hydrogen (secondary N) is 1. The second-order valence-electron chi connectivity index (χ2n) is 4.81. The van der Waals surface area contributed by atoms with E-state index in [2.05, 4.69) is 27.3 Å². The minimum atomic E-state index is 0.531. The first-order valence-electron chi connectivity index (χ1n) is 6.85. The number of hydrogen-bond acceptors (Lipinski definition) is 4. The lowest BCUT2D eigenvalue weighted by molar-refractivity contribution is 0.741. The Hall–Kier alpha value is -1.62. The Bertz CT molecular complexity index is 579. The van der Waals surface area contributed by atoms with E-state index in [1.54, 1.807) is 0 Å². The predicted molar refractivity (Wildman–Crippen MR) is 81.2 cm³/mol. The normalized spacial score (nSPS) is 10.8. The molecule has 2 heterocycles. The van der Waals surface area contributed by atoms with Crippen molar-refractivity contribution < 1.29 is 0 Å². The number of halogens is 1. The fourth-order valence-electron chi connectivity index (χ4n) is 1.95. The summed E-state index contributed by atoms with van der Waals surface area (Å²) in [7, 11) is 1.92. The van der Waals surface area contributed by atoms with Crippen LogP contribution < -0.4 is 5.32 Å². The highest BCUT2D eigenvalue weighted by molar-refractivity contribution is 6.30. The lowest BCUT2D eigenvalue weighted by atomic mass is 10.2. The lowest BCUT2D eigenvalue weighted by Crippen LogP contribution is -2.10. The first-order valence-corrected chi connectivity index (χ1v) is 7.23. The van der Waals surface area contributed by atoms with Crippen molar-refractivity contribution in [2.45, 2.75) is 33.1 Å². The van der Waals surface area contributed by atoms with Crippen LogP contribution in [0, 0.1) is 6.92 Å². The Morgan fingerprint density at radius 1 is 1.30 bits per heavy atom. The number of nitrogens with zero attached hydrogens (tertiary/aromatic N) is 4. The van der Waals surface area contributed by atoms with Crippen LogP contribution in [-0.4, -0.2) is 26.3 Å². The summed E-state index contributed by atoms with van der Waals surface area (Å²) < 4.78 is 1.81. The van der Waals surface area contributed by atoms with Crippen LogP contribution in [0.2, 0.25) is 5.15 Å². The molecule has 0 saturated carbocycles. The Morgan fingerprint density at radius 3 is 2.75 bits per heavy atom. The van der Waals surface area contributed by atoms with Crippen LogP contribution in [0.25, 0.3) is 0 Å². The summed E-state index contributed by atoms with van der Waals surface area (Å²) in [4.78, 5) is 8.82. The molecule has 0 amide bonds. The van der Waals surface area contributed by atoms with Gasteiger partial charge < -0.3 is 5.32 Å². The minimum absolute atomic E-state index is 0.531. The molecule has 2 aromatic rings. The highest BCUT2D eigenvalue weighted by Crippen LogP contribution is 2.20. The average molecular weight is 294 g/mol. The number of aryl methyl sites for hydroxylation is 2. The van der Waals surface area contributed by atoms with Crippen molar-refractivity contribution in [3.63, 3.8) is 0 Å². The highest BCUT2D eigenvalue weighted by Gasteiger charge is 2.08. The van der Waals surface area contributed by atoms with Gasteiger partial charge in [0.25, 0.3) is 0 Å². The maximum Gasteiger partial charge on any atom is 0.137 e. The van der Waals surface area contributed by atoms with Gasteiger partial charge in [-0.2, -0.15) is 5.10 Å². The van der Waals surface area contributed by atoms with Crippen molar-refractivity contribution in [3.8, 4) is 0 Å². The fourth-order valence-corrected chi connectivity index (χ4v) is 2.13. The Morgan fingerprint density at radius 2 is 2.10 bits per heavy atom.